The number of carbonyl (C=O) groups is 1. The van der Waals surface area contributed by atoms with Crippen LogP contribution in [-0.4, -0.2) is 30.6 Å². The van der Waals surface area contributed by atoms with Crippen LogP contribution in [0.15, 0.2) is 0 Å². The highest BCUT2D eigenvalue weighted by molar-refractivity contribution is 7.98. The minimum absolute atomic E-state index is 0.253. The zero-order chi connectivity index (χ0) is 15.8. The highest BCUT2D eigenvalue weighted by Crippen LogP contribution is 2.11. The third-order valence-electron chi connectivity index (χ3n) is 3.64. The van der Waals surface area contributed by atoms with Crippen molar-refractivity contribution >= 4 is 17.7 Å². The summed E-state index contributed by atoms with van der Waals surface area (Å²) in [6.45, 7) is 2.78. The van der Waals surface area contributed by atoms with Gasteiger partial charge in [0.1, 0.15) is 6.04 Å². The number of carbonyl (C=O) groups excluding carboxylic acids is 1. The average molecular weight is 318 g/mol. The van der Waals surface area contributed by atoms with E-state index in [0.29, 0.717) is 12.4 Å². The van der Waals surface area contributed by atoms with Crippen molar-refractivity contribution in [2.24, 2.45) is 5.73 Å². The third kappa shape index (κ3) is 14.5. The lowest BCUT2D eigenvalue weighted by Gasteiger charge is -2.10. The highest BCUT2D eigenvalue weighted by Gasteiger charge is 2.13. The summed E-state index contributed by atoms with van der Waals surface area (Å²) in [5.74, 6) is 0.383. The van der Waals surface area contributed by atoms with Gasteiger partial charge in [-0.2, -0.15) is 11.8 Å². The summed E-state index contributed by atoms with van der Waals surface area (Å²) < 4.78 is 5.16. The van der Waals surface area contributed by atoms with E-state index in [-0.39, 0.29) is 5.97 Å². The lowest BCUT2D eigenvalue weighted by molar-refractivity contribution is -0.144. The maximum Gasteiger partial charge on any atom is 0.323 e. The summed E-state index contributed by atoms with van der Waals surface area (Å²) in [5.41, 5.74) is 5.67. The van der Waals surface area contributed by atoms with Crippen molar-refractivity contribution in [1.82, 2.24) is 0 Å². The molecule has 0 unspecified atom stereocenters. The van der Waals surface area contributed by atoms with Crippen molar-refractivity contribution in [2.45, 2.75) is 83.6 Å². The minimum atomic E-state index is -0.465. The molecule has 0 amide bonds. The van der Waals surface area contributed by atoms with Crippen LogP contribution < -0.4 is 5.73 Å². The summed E-state index contributed by atoms with van der Waals surface area (Å²) >= 11 is 1.57. The van der Waals surface area contributed by atoms with E-state index in [0.717, 1.165) is 12.8 Å². The Labute approximate surface area is 135 Å². The zero-order valence-corrected chi connectivity index (χ0v) is 14.9. The van der Waals surface area contributed by atoms with Crippen molar-refractivity contribution in [3.8, 4) is 0 Å². The van der Waals surface area contributed by atoms with E-state index < -0.39 is 6.04 Å². The Morgan fingerprint density at radius 3 is 1.90 bits per heavy atom. The first-order chi connectivity index (χ1) is 10.2. The molecule has 0 aromatic carbocycles. The van der Waals surface area contributed by atoms with Crippen molar-refractivity contribution < 1.29 is 9.53 Å². The molecule has 0 aliphatic carbocycles. The van der Waals surface area contributed by atoms with Gasteiger partial charge in [-0.05, 0) is 12.7 Å². The standard InChI is InChI=1S/C17H35NO2S/c1-3-4-5-6-7-8-9-10-11-12-13-14-20-17(19)16(18)15-21-2/h16H,3-15,18H2,1-2H3/t16-/m0/s1. The predicted molar refractivity (Wildman–Crippen MR) is 93.8 cm³/mol. The normalized spacial score (nSPS) is 12.3. The number of ether oxygens (including phenoxy) is 1. The molecular weight excluding hydrogens is 282 g/mol. The van der Waals surface area contributed by atoms with Crippen molar-refractivity contribution in [2.75, 3.05) is 18.6 Å². The van der Waals surface area contributed by atoms with Gasteiger partial charge < -0.3 is 10.5 Å². The van der Waals surface area contributed by atoms with Crippen LogP contribution in [0.5, 0.6) is 0 Å². The Bertz CT molecular complexity index is 237. The molecule has 0 saturated heterocycles. The van der Waals surface area contributed by atoms with E-state index in [9.17, 15) is 4.79 Å². The monoisotopic (exact) mass is 317 g/mol. The van der Waals surface area contributed by atoms with Gasteiger partial charge in [0.15, 0.2) is 0 Å². The molecule has 0 saturated carbocycles. The fraction of sp³-hybridized carbons (Fsp3) is 0.941. The number of esters is 1. The van der Waals surface area contributed by atoms with E-state index in [1.807, 2.05) is 6.26 Å². The summed E-state index contributed by atoms with van der Waals surface area (Å²) in [6.07, 6.45) is 16.3. The Morgan fingerprint density at radius 1 is 0.952 bits per heavy atom. The van der Waals surface area contributed by atoms with E-state index in [1.165, 1.54) is 57.8 Å². The number of unbranched alkanes of at least 4 members (excludes halogenated alkanes) is 10. The van der Waals surface area contributed by atoms with Gasteiger partial charge in [0.25, 0.3) is 0 Å². The third-order valence-corrected chi connectivity index (χ3v) is 4.33. The van der Waals surface area contributed by atoms with Gasteiger partial charge in [-0.15, -0.1) is 0 Å². The Hall–Kier alpha value is -0.220. The molecule has 2 N–H and O–H groups in total. The molecule has 0 heterocycles. The number of hydrogen-bond donors (Lipinski definition) is 1. The van der Waals surface area contributed by atoms with Crippen LogP contribution in [-0.2, 0) is 9.53 Å². The van der Waals surface area contributed by atoms with Crippen LogP contribution >= 0.6 is 11.8 Å². The average Bonchev–Trinajstić information content (AvgIpc) is 2.48. The minimum Gasteiger partial charge on any atom is -0.465 e. The van der Waals surface area contributed by atoms with Gasteiger partial charge in [-0.1, -0.05) is 71.1 Å². The largest absolute Gasteiger partial charge is 0.465 e. The molecule has 0 aromatic heterocycles. The molecule has 0 aromatic rings. The molecule has 126 valence electrons. The molecule has 3 nitrogen and oxygen atoms in total. The van der Waals surface area contributed by atoms with Gasteiger partial charge in [0.2, 0.25) is 0 Å². The van der Waals surface area contributed by atoms with Crippen LogP contribution in [0.3, 0.4) is 0 Å². The maximum absolute atomic E-state index is 11.5. The topological polar surface area (TPSA) is 52.3 Å². The van der Waals surface area contributed by atoms with Crippen LogP contribution in [0.4, 0.5) is 0 Å². The second-order valence-corrected chi connectivity index (χ2v) is 6.68. The SMILES string of the molecule is CCCCCCCCCCCCCOC(=O)[C@@H](N)CSC. The number of hydrogen-bond acceptors (Lipinski definition) is 4. The first-order valence-electron chi connectivity index (χ1n) is 8.63. The Kier molecular flexibility index (Phi) is 16.0. The van der Waals surface area contributed by atoms with E-state index >= 15 is 0 Å². The van der Waals surface area contributed by atoms with Crippen molar-refractivity contribution in [3.63, 3.8) is 0 Å². The molecular formula is C17H35NO2S. The van der Waals surface area contributed by atoms with Crippen molar-refractivity contribution in [1.29, 1.82) is 0 Å². The molecule has 0 radical (unpaired) electrons. The summed E-state index contributed by atoms with van der Waals surface area (Å²) in [5, 5.41) is 0. The first kappa shape index (κ1) is 20.8. The molecule has 0 aliphatic heterocycles. The Morgan fingerprint density at radius 2 is 1.43 bits per heavy atom. The first-order valence-corrected chi connectivity index (χ1v) is 10.0. The highest BCUT2D eigenvalue weighted by atomic mass is 32.2. The van der Waals surface area contributed by atoms with Crippen LogP contribution in [0.2, 0.25) is 0 Å². The summed E-state index contributed by atoms with van der Waals surface area (Å²) in [7, 11) is 0. The van der Waals surface area contributed by atoms with Gasteiger partial charge in [0.05, 0.1) is 6.61 Å². The van der Waals surface area contributed by atoms with Crippen molar-refractivity contribution in [3.05, 3.63) is 0 Å². The van der Waals surface area contributed by atoms with Gasteiger partial charge >= 0.3 is 5.97 Å². The molecule has 0 spiro atoms. The maximum atomic E-state index is 11.5. The smallest absolute Gasteiger partial charge is 0.323 e. The van der Waals surface area contributed by atoms with Gasteiger partial charge in [-0.3, -0.25) is 4.79 Å². The quantitative estimate of drug-likeness (QED) is 0.356. The summed E-state index contributed by atoms with van der Waals surface area (Å²) in [4.78, 5) is 11.5. The fourth-order valence-corrected chi connectivity index (χ4v) is 2.79. The predicted octanol–water partition coefficient (Wildman–Crippen LogP) is 4.53. The molecule has 4 heteroatoms. The van der Waals surface area contributed by atoms with Gasteiger partial charge in [-0.25, -0.2) is 0 Å². The van der Waals surface area contributed by atoms with E-state index in [4.69, 9.17) is 10.5 Å². The second-order valence-electron chi connectivity index (χ2n) is 5.76. The lowest BCUT2D eigenvalue weighted by atomic mass is 10.1. The van der Waals surface area contributed by atoms with Gasteiger partial charge in [0, 0.05) is 5.75 Å². The molecule has 0 bridgehead atoms. The number of nitrogens with two attached hydrogens (primary N) is 1. The molecule has 1 atom stereocenters. The number of rotatable bonds is 15. The summed E-state index contributed by atoms with van der Waals surface area (Å²) in [6, 6.07) is -0.465. The lowest BCUT2D eigenvalue weighted by Crippen LogP contribution is -2.34. The molecule has 21 heavy (non-hydrogen) atoms. The van der Waals surface area contributed by atoms with E-state index in [2.05, 4.69) is 6.92 Å². The number of thioether (sulfide) groups is 1. The van der Waals surface area contributed by atoms with E-state index in [1.54, 1.807) is 11.8 Å². The zero-order valence-electron chi connectivity index (χ0n) is 14.1. The van der Waals surface area contributed by atoms with Crippen LogP contribution in [0.1, 0.15) is 77.6 Å². The second kappa shape index (κ2) is 16.2. The molecule has 0 rings (SSSR count). The molecule has 0 aliphatic rings. The van der Waals surface area contributed by atoms with Crippen LogP contribution in [0.25, 0.3) is 0 Å². The fourth-order valence-electron chi connectivity index (χ4n) is 2.29. The Balaban J connectivity index is 3.17. The molecule has 0 fully saturated rings. The van der Waals surface area contributed by atoms with Crippen LogP contribution in [0, 0.1) is 0 Å².